The van der Waals surface area contributed by atoms with E-state index >= 15 is 0 Å². The van der Waals surface area contributed by atoms with E-state index < -0.39 is 0 Å². The molecule has 2 fully saturated rings. The second-order valence-corrected chi connectivity index (χ2v) is 9.90. The number of likely N-dealkylation sites (tertiary alicyclic amines) is 1. The van der Waals surface area contributed by atoms with Gasteiger partial charge in [0.1, 0.15) is 0 Å². The number of nitrogens with zero attached hydrogens (tertiary/aromatic N) is 1. The normalized spacial score (nSPS) is 21.4. The quantitative estimate of drug-likeness (QED) is 0.505. The second kappa shape index (κ2) is 8.30. The minimum Gasteiger partial charge on any atom is -0.342 e. The van der Waals surface area contributed by atoms with Gasteiger partial charge in [0.2, 0.25) is 5.91 Å². The molecule has 2 atom stereocenters. The van der Waals surface area contributed by atoms with Crippen LogP contribution in [0.1, 0.15) is 56.1 Å². The Hall–Kier alpha value is -1.16. The van der Waals surface area contributed by atoms with Gasteiger partial charge in [-0.05, 0) is 54.4 Å². The largest absolute Gasteiger partial charge is 0.342 e. The summed E-state index contributed by atoms with van der Waals surface area (Å²) in [5, 5.41) is 1.21. The molecule has 1 saturated carbocycles. The Bertz CT molecular complexity index is 892. The van der Waals surface area contributed by atoms with E-state index in [1.54, 1.807) is 11.8 Å². The van der Waals surface area contributed by atoms with E-state index in [1.165, 1.54) is 10.5 Å². The van der Waals surface area contributed by atoms with Crippen molar-refractivity contribution in [3.05, 3.63) is 57.6 Å². The number of hydrogen-bond donors (Lipinski definition) is 0. The summed E-state index contributed by atoms with van der Waals surface area (Å²) >= 11 is 15.0. The topological polar surface area (TPSA) is 20.3 Å². The fraction of sp³-hybridized carbons (Fsp3) is 0.435. The molecule has 2 aromatic carbocycles. The van der Waals surface area contributed by atoms with Gasteiger partial charge in [-0.1, -0.05) is 73.1 Å². The van der Waals surface area contributed by atoms with E-state index in [0.29, 0.717) is 21.9 Å². The third kappa shape index (κ3) is 3.94. The fourth-order valence-corrected chi connectivity index (χ4v) is 5.85. The maximum atomic E-state index is 12.6. The van der Waals surface area contributed by atoms with Crippen molar-refractivity contribution in [2.45, 2.75) is 54.7 Å². The molecule has 5 heteroatoms. The SMILES string of the molecule is CC(C)c1ccccc1Sc1ccc(C2CC2C(=O)N2CCCC2)c(Cl)c1Cl. The molecule has 0 aromatic heterocycles. The van der Waals surface area contributed by atoms with E-state index in [4.69, 9.17) is 23.2 Å². The first-order chi connectivity index (χ1) is 13.5. The van der Waals surface area contributed by atoms with Crippen molar-refractivity contribution in [2.75, 3.05) is 13.1 Å². The average Bonchev–Trinajstić information content (AvgIpc) is 3.27. The van der Waals surface area contributed by atoms with Gasteiger partial charge < -0.3 is 4.90 Å². The molecule has 0 bridgehead atoms. The van der Waals surface area contributed by atoms with Gasteiger partial charge in [-0.25, -0.2) is 0 Å². The molecule has 1 amide bonds. The number of carbonyl (C=O) groups excluding carboxylic acids is 1. The Morgan fingerprint density at radius 2 is 1.75 bits per heavy atom. The summed E-state index contributed by atoms with van der Waals surface area (Å²) in [5.74, 6) is 1.02. The maximum absolute atomic E-state index is 12.6. The molecular weight excluding hydrogens is 409 g/mol. The van der Waals surface area contributed by atoms with Crippen molar-refractivity contribution in [1.82, 2.24) is 4.90 Å². The van der Waals surface area contributed by atoms with Gasteiger partial charge in [0.25, 0.3) is 0 Å². The smallest absolute Gasteiger partial charge is 0.226 e. The van der Waals surface area contributed by atoms with Crippen LogP contribution in [0.2, 0.25) is 10.0 Å². The first-order valence-corrected chi connectivity index (χ1v) is 11.6. The molecule has 2 unspecified atom stereocenters. The van der Waals surface area contributed by atoms with Crippen LogP contribution in [0, 0.1) is 5.92 Å². The van der Waals surface area contributed by atoms with Crippen LogP contribution in [0.25, 0.3) is 0 Å². The number of benzene rings is 2. The second-order valence-electron chi connectivity index (χ2n) is 8.06. The van der Waals surface area contributed by atoms with E-state index in [1.807, 2.05) is 4.90 Å². The molecule has 2 nitrogen and oxygen atoms in total. The van der Waals surface area contributed by atoms with Crippen LogP contribution in [0.3, 0.4) is 0 Å². The zero-order valence-corrected chi connectivity index (χ0v) is 18.6. The zero-order chi connectivity index (χ0) is 19.8. The van der Waals surface area contributed by atoms with Crippen LogP contribution in [0.5, 0.6) is 0 Å². The Labute approximate surface area is 181 Å². The Morgan fingerprint density at radius 1 is 1.04 bits per heavy atom. The van der Waals surface area contributed by atoms with Gasteiger partial charge in [0.05, 0.1) is 10.0 Å². The predicted molar refractivity (Wildman–Crippen MR) is 118 cm³/mol. The van der Waals surface area contributed by atoms with Crippen LogP contribution in [0.15, 0.2) is 46.2 Å². The molecular formula is C23H25Cl2NOS. The highest BCUT2D eigenvalue weighted by Gasteiger charge is 2.47. The van der Waals surface area contributed by atoms with E-state index in [9.17, 15) is 4.79 Å². The van der Waals surface area contributed by atoms with Crippen molar-refractivity contribution >= 4 is 40.9 Å². The Kier molecular flexibility index (Phi) is 5.96. The number of amides is 1. The third-order valence-electron chi connectivity index (χ3n) is 5.76. The highest BCUT2D eigenvalue weighted by molar-refractivity contribution is 7.99. The summed E-state index contributed by atoms with van der Waals surface area (Å²) in [6.45, 7) is 6.20. The molecule has 2 aromatic rings. The van der Waals surface area contributed by atoms with Crippen LogP contribution >= 0.6 is 35.0 Å². The molecule has 0 N–H and O–H groups in total. The van der Waals surface area contributed by atoms with Crippen molar-refractivity contribution < 1.29 is 4.79 Å². The van der Waals surface area contributed by atoms with Crippen molar-refractivity contribution in [2.24, 2.45) is 5.92 Å². The molecule has 1 saturated heterocycles. The molecule has 0 radical (unpaired) electrons. The van der Waals surface area contributed by atoms with Gasteiger partial charge in [-0.3, -0.25) is 4.79 Å². The first-order valence-electron chi connectivity index (χ1n) is 10.0. The molecule has 1 aliphatic carbocycles. The predicted octanol–water partition coefficient (Wildman–Crippen LogP) is 6.99. The summed E-state index contributed by atoms with van der Waals surface area (Å²) in [7, 11) is 0. The molecule has 1 aliphatic heterocycles. The lowest BCUT2D eigenvalue weighted by Gasteiger charge is -2.16. The van der Waals surface area contributed by atoms with Gasteiger partial charge in [0, 0.05) is 28.8 Å². The molecule has 4 rings (SSSR count). The standard InChI is InChI=1S/C23H25Cl2NOS/c1-14(2)15-7-3-4-8-19(15)28-20-10-9-16(21(24)22(20)25)17-13-18(17)23(27)26-11-5-6-12-26/h3-4,7-10,14,17-18H,5-6,11-13H2,1-2H3. The first kappa shape index (κ1) is 20.1. The van der Waals surface area contributed by atoms with E-state index in [-0.39, 0.29) is 11.8 Å². The summed E-state index contributed by atoms with van der Waals surface area (Å²) in [6, 6.07) is 12.5. The molecule has 28 heavy (non-hydrogen) atoms. The maximum Gasteiger partial charge on any atom is 0.226 e. The minimum absolute atomic E-state index is 0.0758. The van der Waals surface area contributed by atoms with Crippen LogP contribution < -0.4 is 0 Å². The zero-order valence-electron chi connectivity index (χ0n) is 16.3. The number of hydrogen-bond acceptors (Lipinski definition) is 2. The molecule has 0 spiro atoms. The highest BCUT2D eigenvalue weighted by Crippen LogP contribution is 2.53. The van der Waals surface area contributed by atoms with E-state index in [2.05, 4.69) is 50.2 Å². The number of carbonyl (C=O) groups is 1. The molecule has 2 aliphatic rings. The third-order valence-corrected chi connectivity index (χ3v) is 7.92. The highest BCUT2D eigenvalue weighted by atomic mass is 35.5. The Balaban J connectivity index is 1.53. The van der Waals surface area contributed by atoms with Gasteiger partial charge in [0.15, 0.2) is 0 Å². The number of rotatable bonds is 5. The summed E-state index contributed by atoms with van der Waals surface area (Å²) in [4.78, 5) is 16.8. The van der Waals surface area contributed by atoms with Crippen LogP contribution in [-0.2, 0) is 4.79 Å². The van der Waals surface area contributed by atoms with Gasteiger partial charge in [-0.2, -0.15) is 0 Å². The number of halogens is 2. The van der Waals surface area contributed by atoms with Crippen LogP contribution in [-0.4, -0.2) is 23.9 Å². The van der Waals surface area contributed by atoms with E-state index in [0.717, 1.165) is 42.8 Å². The summed E-state index contributed by atoms with van der Waals surface area (Å²) < 4.78 is 0. The van der Waals surface area contributed by atoms with Crippen molar-refractivity contribution in [3.63, 3.8) is 0 Å². The summed E-state index contributed by atoms with van der Waals surface area (Å²) in [6.07, 6.45) is 3.13. The molecule has 1 heterocycles. The fourth-order valence-electron chi connectivity index (χ4n) is 4.06. The molecule has 148 valence electrons. The Morgan fingerprint density at radius 3 is 2.46 bits per heavy atom. The lowest BCUT2D eigenvalue weighted by atomic mass is 10.0. The van der Waals surface area contributed by atoms with Crippen LogP contribution in [0.4, 0.5) is 0 Å². The monoisotopic (exact) mass is 433 g/mol. The van der Waals surface area contributed by atoms with Crippen molar-refractivity contribution in [3.8, 4) is 0 Å². The lowest BCUT2D eigenvalue weighted by Crippen LogP contribution is -2.29. The minimum atomic E-state index is 0.0758. The average molecular weight is 434 g/mol. The van der Waals surface area contributed by atoms with Gasteiger partial charge >= 0.3 is 0 Å². The van der Waals surface area contributed by atoms with Crippen molar-refractivity contribution in [1.29, 1.82) is 0 Å². The van der Waals surface area contributed by atoms with Gasteiger partial charge in [-0.15, -0.1) is 0 Å². The lowest BCUT2D eigenvalue weighted by molar-refractivity contribution is -0.131. The summed E-state index contributed by atoms with van der Waals surface area (Å²) in [5.41, 5.74) is 2.33.